The molecule has 0 radical (unpaired) electrons. The van der Waals surface area contributed by atoms with Crippen molar-refractivity contribution in [2.75, 3.05) is 31.9 Å². The van der Waals surface area contributed by atoms with Crippen molar-refractivity contribution in [3.63, 3.8) is 0 Å². The van der Waals surface area contributed by atoms with Gasteiger partial charge in [0, 0.05) is 41.5 Å². The topological polar surface area (TPSA) is 53.1 Å². The van der Waals surface area contributed by atoms with Crippen LogP contribution in [0.3, 0.4) is 0 Å². The van der Waals surface area contributed by atoms with Gasteiger partial charge < -0.3 is 23.8 Å². The van der Waals surface area contributed by atoms with Crippen molar-refractivity contribution in [3.8, 4) is 39.5 Å². The second-order valence-corrected chi connectivity index (χ2v) is 9.18. The molecule has 0 N–H and O–H groups in total. The lowest BCUT2D eigenvalue weighted by Gasteiger charge is -2.36. The Morgan fingerprint density at radius 3 is 2.37 bits per heavy atom. The zero-order valence-corrected chi connectivity index (χ0v) is 20.2. The highest BCUT2D eigenvalue weighted by atomic mass is 16.7. The molecule has 6 heteroatoms. The van der Waals surface area contributed by atoms with E-state index in [-0.39, 0.29) is 19.0 Å². The molecule has 2 atom stereocenters. The first-order chi connectivity index (χ1) is 17.1. The van der Waals surface area contributed by atoms with Crippen molar-refractivity contribution < 1.29 is 18.9 Å². The Labute approximate surface area is 205 Å². The van der Waals surface area contributed by atoms with Gasteiger partial charge in [0.2, 0.25) is 6.79 Å². The highest BCUT2D eigenvalue weighted by Crippen LogP contribution is 2.41. The summed E-state index contributed by atoms with van der Waals surface area (Å²) in [7, 11) is 1.72. The SMILES string of the molecule is COc1c(-c2ccc(N3CC(C)O[C@@H](C)C3)cc2)cnc2c(-c3ccc4c(c3)OCO4)cccc12. The van der Waals surface area contributed by atoms with Crippen LogP contribution in [0.1, 0.15) is 13.8 Å². The number of hydrogen-bond donors (Lipinski definition) is 0. The number of nitrogens with zero attached hydrogens (tertiary/aromatic N) is 2. The maximum Gasteiger partial charge on any atom is 0.231 e. The average molecular weight is 469 g/mol. The number of ether oxygens (including phenoxy) is 4. The van der Waals surface area contributed by atoms with Crippen LogP contribution in [0.4, 0.5) is 5.69 Å². The number of methoxy groups -OCH3 is 1. The third kappa shape index (κ3) is 3.94. The molecule has 6 rings (SSSR count). The predicted octanol–water partition coefficient (Wildman–Crippen LogP) is 5.92. The fraction of sp³-hybridized carbons (Fsp3) is 0.276. The van der Waals surface area contributed by atoms with Crippen LogP contribution in [0.5, 0.6) is 17.2 Å². The second kappa shape index (κ2) is 8.78. The summed E-state index contributed by atoms with van der Waals surface area (Å²) in [5, 5.41) is 0.972. The molecule has 3 heterocycles. The van der Waals surface area contributed by atoms with Gasteiger partial charge in [0.25, 0.3) is 0 Å². The molecule has 0 saturated carbocycles. The summed E-state index contributed by atoms with van der Waals surface area (Å²) >= 11 is 0. The van der Waals surface area contributed by atoms with E-state index in [4.69, 9.17) is 23.9 Å². The Morgan fingerprint density at radius 1 is 0.857 bits per heavy atom. The minimum atomic E-state index is 0.224. The van der Waals surface area contributed by atoms with E-state index < -0.39 is 0 Å². The Balaban J connectivity index is 1.37. The van der Waals surface area contributed by atoms with E-state index in [9.17, 15) is 0 Å². The molecule has 178 valence electrons. The van der Waals surface area contributed by atoms with Crippen LogP contribution in [0.25, 0.3) is 33.2 Å². The van der Waals surface area contributed by atoms with Crippen LogP contribution in [0.15, 0.2) is 66.9 Å². The van der Waals surface area contributed by atoms with Gasteiger partial charge in [0.1, 0.15) is 5.75 Å². The van der Waals surface area contributed by atoms with Crippen molar-refractivity contribution in [2.45, 2.75) is 26.1 Å². The van der Waals surface area contributed by atoms with Gasteiger partial charge in [-0.2, -0.15) is 0 Å². The molecule has 2 aliphatic rings. The summed E-state index contributed by atoms with van der Waals surface area (Å²) in [5.74, 6) is 2.34. The second-order valence-electron chi connectivity index (χ2n) is 9.18. The number of anilines is 1. The first-order valence-corrected chi connectivity index (χ1v) is 12.0. The van der Waals surface area contributed by atoms with Crippen LogP contribution in [0, 0.1) is 0 Å². The molecule has 1 fully saturated rings. The summed E-state index contributed by atoms with van der Waals surface area (Å²) in [6, 6.07) is 20.8. The summed E-state index contributed by atoms with van der Waals surface area (Å²) in [6.07, 6.45) is 2.36. The smallest absolute Gasteiger partial charge is 0.231 e. The fourth-order valence-corrected chi connectivity index (χ4v) is 5.16. The average Bonchev–Trinajstić information content (AvgIpc) is 3.35. The quantitative estimate of drug-likeness (QED) is 0.371. The van der Waals surface area contributed by atoms with Crippen LogP contribution in [-0.4, -0.2) is 44.2 Å². The molecule has 1 unspecified atom stereocenters. The summed E-state index contributed by atoms with van der Waals surface area (Å²) < 4.78 is 22.9. The largest absolute Gasteiger partial charge is 0.495 e. The van der Waals surface area contributed by atoms with Crippen molar-refractivity contribution in [1.82, 2.24) is 4.98 Å². The predicted molar refractivity (Wildman–Crippen MR) is 138 cm³/mol. The molecule has 0 spiro atoms. The van der Waals surface area contributed by atoms with Gasteiger partial charge in [-0.3, -0.25) is 4.98 Å². The van der Waals surface area contributed by atoms with Crippen LogP contribution >= 0.6 is 0 Å². The van der Waals surface area contributed by atoms with Crippen molar-refractivity contribution in [2.24, 2.45) is 0 Å². The van der Waals surface area contributed by atoms with Gasteiger partial charge in [-0.1, -0.05) is 30.3 Å². The number of fused-ring (bicyclic) bond motifs is 2. The molecule has 4 aromatic rings. The Morgan fingerprint density at radius 2 is 1.60 bits per heavy atom. The molecule has 0 bridgehead atoms. The first-order valence-electron chi connectivity index (χ1n) is 12.0. The van der Waals surface area contributed by atoms with Crippen LogP contribution in [-0.2, 0) is 4.74 Å². The van der Waals surface area contributed by atoms with Gasteiger partial charge in [-0.25, -0.2) is 0 Å². The van der Waals surface area contributed by atoms with Crippen molar-refractivity contribution in [1.29, 1.82) is 0 Å². The number of hydrogen-bond acceptors (Lipinski definition) is 6. The summed E-state index contributed by atoms with van der Waals surface area (Å²) in [6.45, 7) is 6.30. The zero-order valence-electron chi connectivity index (χ0n) is 20.2. The highest BCUT2D eigenvalue weighted by Gasteiger charge is 2.23. The minimum Gasteiger partial charge on any atom is -0.495 e. The monoisotopic (exact) mass is 468 g/mol. The number of para-hydroxylation sites is 1. The standard InChI is InChI=1S/C29H28N2O4/c1-18-15-31(16-19(2)35-18)22-10-7-20(8-11-22)25-14-30-28-23(5-4-6-24(28)29(25)32-3)21-9-12-26-27(13-21)34-17-33-26/h4-14,18-19H,15-17H2,1-3H3/t18-,19?/m0/s1. The minimum absolute atomic E-state index is 0.224. The first kappa shape index (κ1) is 21.7. The number of morpholine rings is 1. The van der Waals surface area contributed by atoms with Crippen molar-refractivity contribution in [3.05, 3.63) is 66.9 Å². The van der Waals surface area contributed by atoms with E-state index in [0.29, 0.717) is 0 Å². The van der Waals surface area contributed by atoms with Crippen molar-refractivity contribution >= 4 is 16.6 Å². The van der Waals surface area contributed by atoms with E-state index >= 15 is 0 Å². The van der Waals surface area contributed by atoms with E-state index in [1.54, 1.807) is 7.11 Å². The lowest BCUT2D eigenvalue weighted by molar-refractivity contribution is -0.00521. The summed E-state index contributed by atoms with van der Waals surface area (Å²) in [5.41, 5.74) is 6.19. The third-order valence-corrected chi connectivity index (χ3v) is 6.70. The van der Waals surface area contributed by atoms with Gasteiger partial charge in [0.15, 0.2) is 11.5 Å². The van der Waals surface area contributed by atoms with E-state index in [1.165, 1.54) is 5.69 Å². The number of rotatable bonds is 4. The van der Waals surface area contributed by atoms with E-state index in [0.717, 1.165) is 63.5 Å². The molecule has 6 nitrogen and oxygen atoms in total. The Hall–Kier alpha value is -3.77. The Bertz CT molecular complexity index is 1380. The van der Waals surface area contributed by atoms with Gasteiger partial charge in [-0.15, -0.1) is 0 Å². The summed E-state index contributed by atoms with van der Waals surface area (Å²) in [4.78, 5) is 7.27. The highest BCUT2D eigenvalue weighted by molar-refractivity contribution is 6.00. The molecule has 1 saturated heterocycles. The fourth-order valence-electron chi connectivity index (χ4n) is 5.16. The molecule has 35 heavy (non-hydrogen) atoms. The normalized spacial score (nSPS) is 19.2. The van der Waals surface area contributed by atoms with Gasteiger partial charge in [0.05, 0.1) is 24.8 Å². The van der Waals surface area contributed by atoms with E-state index in [2.05, 4.69) is 55.1 Å². The maximum absolute atomic E-state index is 5.94. The van der Waals surface area contributed by atoms with Crippen LogP contribution in [0.2, 0.25) is 0 Å². The maximum atomic E-state index is 5.94. The molecule has 0 aliphatic carbocycles. The van der Waals surface area contributed by atoms with Crippen LogP contribution < -0.4 is 19.1 Å². The zero-order chi connectivity index (χ0) is 23.9. The molecular formula is C29H28N2O4. The number of benzene rings is 3. The molecule has 3 aromatic carbocycles. The number of pyridine rings is 1. The molecular weight excluding hydrogens is 440 g/mol. The molecule has 2 aliphatic heterocycles. The lowest BCUT2D eigenvalue weighted by atomic mass is 9.98. The Kier molecular flexibility index (Phi) is 5.46. The number of aromatic nitrogens is 1. The van der Waals surface area contributed by atoms with Gasteiger partial charge in [-0.05, 0) is 55.3 Å². The van der Waals surface area contributed by atoms with Gasteiger partial charge >= 0.3 is 0 Å². The molecule has 1 aromatic heterocycles. The van der Waals surface area contributed by atoms with E-state index in [1.807, 2.05) is 30.5 Å². The molecule has 0 amide bonds. The third-order valence-electron chi connectivity index (χ3n) is 6.70. The lowest BCUT2D eigenvalue weighted by Crippen LogP contribution is -2.45.